The molecule has 1 rings (SSSR count). The Morgan fingerprint density at radius 1 is 1.45 bits per heavy atom. The number of rotatable bonds is 6. The topological polar surface area (TPSA) is 131 Å². The molecule has 0 spiro atoms. The third-order valence-corrected chi connectivity index (χ3v) is 2.94. The monoisotopic (exact) mass is 302 g/mol. The lowest BCUT2D eigenvalue weighted by Gasteiger charge is -2.13. The molecule has 0 aromatic carbocycles. The van der Waals surface area contributed by atoms with Crippen molar-refractivity contribution >= 4 is 34.6 Å². The highest BCUT2D eigenvalue weighted by Gasteiger charge is 2.21. The maximum atomic E-state index is 11.6. The van der Waals surface area contributed by atoms with Gasteiger partial charge in [-0.2, -0.15) is 4.37 Å². The first kappa shape index (κ1) is 15.8. The molecular weight excluding hydrogens is 288 g/mol. The molecule has 0 saturated carbocycles. The number of esters is 1. The zero-order chi connectivity index (χ0) is 15.1. The minimum Gasteiger partial charge on any atom is -0.480 e. The van der Waals surface area contributed by atoms with Crippen molar-refractivity contribution in [2.75, 3.05) is 12.4 Å². The lowest BCUT2D eigenvalue weighted by Crippen LogP contribution is -2.43. The van der Waals surface area contributed by atoms with Gasteiger partial charge in [-0.1, -0.05) is 0 Å². The summed E-state index contributed by atoms with van der Waals surface area (Å²) in [6, 6.07) is -1.92. The second kappa shape index (κ2) is 7.38. The average molecular weight is 302 g/mol. The fourth-order valence-corrected chi connectivity index (χ4v) is 1.83. The van der Waals surface area contributed by atoms with Gasteiger partial charge in [0.2, 0.25) is 5.13 Å². The van der Waals surface area contributed by atoms with E-state index >= 15 is 0 Å². The molecule has 0 aliphatic carbocycles. The normalized spacial score (nSPS) is 11.5. The van der Waals surface area contributed by atoms with Gasteiger partial charge >= 0.3 is 18.0 Å². The maximum Gasteiger partial charge on any atom is 0.326 e. The largest absolute Gasteiger partial charge is 0.480 e. The van der Waals surface area contributed by atoms with E-state index in [9.17, 15) is 14.4 Å². The van der Waals surface area contributed by atoms with Crippen LogP contribution in [0, 0.1) is 6.92 Å². The molecule has 10 heteroatoms. The number of urea groups is 1. The molecule has 0 unspecified atom stereocenters. The van der Waals surface area contributed by atoms with Gasteiger partial charge in [0.1, 0.15) is 11.9 Å². The highest BCUT2D eigenvalue weighted by molar-refractivity contribution is 7.09. The molecule has 1 heterocycles. The number of hydrogen-bond donors (Lipinski definition) is 3. The standard InChI is InChI=1S/C10H14N4O5S/c1-5-11-10(20-14-5)13-9(18)12-6(8(16)17)3-4-7(15)19-2/h6H,3-4H2,1-2H3,(H,16,17)(H2,11,12,13,14,18)/t6-/m0/s1. The van der Waals surface area contributed by atoms with Gasteiger partial charge in [-0.15, -0.1) is 0 Å². The minimum atomic E-state index is -1.24. The molecule has 9 nitrogen and oxygen atoms in total. The third kappa shape index (κ3) is 5.18. The molecular formula is C10H14N4O5S. The SMILES string of the molecule is COC(=O)CC[C@H](NC(=O)Nc1nc(C)ns1)C(=O)O. The van der Waals surface area contributed by atoms with Crippen LogP contribution in [-0.2, 0) is 14.3 Å². The Bertz CT molecular complexity index is 504. The van der Waals surface area contributed by atoms with Crippen LogP contribution in [0.5, 0.6) is 0 Å². The highest BCUT2D eigenvalue weighted by Crippen LogP contribution is 2.09. The van der Waals surface area contributed by atoms with Crippen LogP contribution < -0.4 is 10.6 Å². The second-order valence-corrected chi connectivity index (χ2v) is 4.50. The molecule has 1 atom stereocenters. The van der Waals surface area contributed by atoms with E-state index in [0.717, 1.165) is 11.5 Å². The van der Waals surface area contributed by atoms with Crippen molar-refractivity contribution in [2.24, 2.45) is 0 Å². The third-order valence-electron chi connectivity index (χ3n) is 2.22. The molecule has 0 bridgehead atoms. The molecule has 2 amide bonds. The van der Waals surface area contributed by atoms with Gasteiger partial charge in [0.25, 0.3) is 0 Å². The van der Waals surface area contributed by atoms with Crippen LogP contribution >= 0.6 is 11.5 Å². The first-order valence-corrected chi connectivity index (χ1v) is 6.37. The number of aryl methyl sites for hydroxylation is 1. The predicted molar refractivity (Wildman–Crippen MR) is 69.5 cm³/mol. The summed E-state index contributed by atoms with van der Waals surface area (Å²) in [7, 11) is 1.20. The Kier molecular flexibility index (Phi) is 5.84. The van der Waals surface area contributed by atoms with Gasteiger partial charge in [0, 0.05) is 18.0 Å². The van der Waals surface area contributed by atoms with Crippen LogP contribution in [0.25, 0.3) is 0 Å². The number of carbonyl (C=O) groups excluding carboxylic acids is 2. The number of ether oxygens (including phenoxy) is 1. The van der Waals surface area contributed by atoms with E-state index in [2.05, 4.69) is 24.7 Å². The molecule has 20 heavy (non-hydrogen) atoms. The summed E-state index contributed by atoms with van der Waals surface area (Å²) in [5, 5.41) is 13.8. The Morgan fingerprint density at radius 3 is 2.65 bits per heavy atom. The van der Waals surface area contributed by atoms with Crippen LogP contribution in [0.3, 0.4) is 0 Å². The first-order valence-electron chi connectivity index (χ1n) is 5.60. The van der Waals surface area contributed by atoms with Crippen molar-refractivity contribution in [1.29, 1.82) is 0 Å². The minimum absolute atomic E-state index is 0.0649. The molecule has 0 fully saturated rings. The van der Waals surface area contributed by atoms with Crippen LogP contribution in [0.2, 0.25) is 0 Å². The molecule has 110 valence electrons. The molecule has 1 aromatic rings. The number of nitrogens with one attached hydrogen (secondary N) is 2. The molecule has 0 radical (unpaired) electrons. The number of hydrogen-bond acceptors (Lipinski definition) is 7. The van der Waals surface area contributed by atoms with Gasteiger partial charge in [0.05, 0.1) is 7.11 Å². The lowest BCUT2D eigenvalue weighted by atomic mass is 10.1. The van der Waals surface area contributed by atoms with Crippen molar-refractivity contribution in [2.45, 2.75) is 25.8 Å². The summed E-state index contributed by atoms with van der Waals surface area (Å²) >= 11 is 0.981. The van der Waals surface area contributed by atoms with E-state index in [-0.39, 0.29) is 18.0 Å². The fraction of sp³-hybridized carbons (Fsp3) is 0.500. The van der Waals surface area contributed by atoms with E-state index in [1.54, 1.807) is 6.92 Å². The number of amides is 2. The molecule has 0 aliphatic rings. The predicted octanol–water partition coefficient (Wildman–Crippen LogP) is 0.374. The molecule has 3 N–H and O–H groups in total. The summed E-state index contributed by atoms with van der Waals surface area (Å²) in [5.41, 5.74) is 0. The second-order valence-electron chi connectivity index (χ2n) is 3.75. The average Bonchev–Trinajstić information content (AvgIpc) is 2.78. The van der Waals surface area contributed by atoms with E-state index in [0.29, 0.717) is 5.82 Å². The first-order chi connectivity index (χ1) is 9.42. The van der Waals surface area contributed by atoms with Crippen LogP contribution in [0.15, 0.2) is 0 Å². The fourth-order valence-electron chi connectivity index (χ4n) is 1.26. The maximum absolute atomic E-state index is 11.6. The van der Waals surface area contributed by atoms with Crippen molar-refractivity contribution in [3.8, 4) is 0 Å². The van der Waals surface area contributed by atoms with Crippen LogP contribution in [0.4, 0.5) is 9.93 Å². The zero-order valence-electron chi connectivity index (χ0n) is 10.9. The number of carboxylic acid groups (broad SMARTS) is 1. The van der Waals surface area contributed by atoms with Gasteiger partial charge in [0.15, 0.2) is 0 Å². The van der Waals surface area contributed by atoms with Crippen LogP contribution in [0.1, 0.15) is 18.7 Å². The zero-order valence-corrected chi connectivity index (χ0v) is 11.7. The highest BCUT2D eigenvalue weighted by atomic mass is 32.1. The van der Waals surface area contributed by atoms with Crippen molar-refractivity contribution < 1.29 is 24.2 Å². The number of anilines is 1. The number of nitrogens with zero attached hydrogens (tertiary/aromatic N) is 2. The summed E-state index contributed by atoms with van der Waals surface area (Å²) in [6.45, 7) is 1.66. The molecule has 0 saturated heterocycles. The molecule has 1 aromatic heterocycles. The smallest absolute Gasteiger partial charge is 0.326 e. The van der Waals surface area contributed by atoms with E-state index < -0.39 is 24.0 Å². The van der Waals surface area contributed by atoms with E-state index in [1.807, 2.05) is 0 Å². The van der Waals surface area contributed by atoms with Gasteiger partial charge in [-0.3, -0.25) is 10.1 Å². The summed E-state index contributed by atoms with van der Waals surface area (Å²) in [6.07, 6.45) is -0.170. The summed E-state index contributed by atoms with van der Waals surface area (Å²) in [4.78, 5) is 37.4. The van der Waals surface area contributed by atoms with Gasteiger partial charge < -0.3 is 15.2 Å². The Hall–Kier alpha value is -2.23. The number of aromatic nitrogens is 2. The van der Waals surface area contributed by atoms with Crippen molar-refractivity contribution in [1.82, 2.24) is 14.7 Å². The number of carbonyl (C=O) groups is 3. The lowest BCUT2D eigenvalue weighted by molar-refractivity contribution is -0.142. The number of aliphatic carboxylic acids is 1. The molecule has 0 aliphatic heterocycles. The Morgan fingerprint density at radius 2 is 2.15 bits per heavy atom. The van der Waals surface area contributed by atoms with E-state index in [1.165, 1.54) is 7.11 Å². The van der Waals surface area contributed by atoms with Crippen molar-refractivity contribution in [3.63, 3.8) is 0 Å². The summed E-state index contributed by atoms with van der Waals surface area (Å²) < 4.78 is 8.27. The van der Waals surface area contributed by atoms with Crippen molar-refractivity contribution in [3.05, 3.63) is 5.82 Å². The van der Waals surface area contributed by atoms with Gasteiger partial charge in [-0.05, 0) is 13.3 Å². The Balaban J connectivity index is 2.50. The number of carboxylic acids is 1. The quantitative estimate of drug-likeness (QED) is 0.647. The number of methoxy groups -OCH3 is 1. The Labute approximate surface area is 118 Å². The summed E-state index contributed by atoms with van der Waals surface area (Å²) in [5.74, 6) is -1.28. The van der Waals surface area contributed by atoms with E-state index in [4.69, 9.17) is 5.11 Å². The van der Waals surface area contributed by atoms with Crippen LogP contribution in [-0.4, -0.2) is 45.6 Å². The van der Waals surface area contributed by atoms with Gasteiger partial charge in [-0.25, -0.2) is 14.6 Å².